The molecule has 2 aromatic carbocycles. The minimum absolute atomic E-state index is 0.0166. The normalized spacial score (nSPS) is 21.6. The summed E-state index contributed by atoms with van der Waals surface area (Å²) in [4.78, 5) is 11.9. The molecule has 94 valence electrons. The number of carbonyl (C=O) groups is 1. The molecule has 1 heteroatoms. The van der Waals surface area contributed by atoms with Crippen LogP contribution in [-0.2, 0) is 16.6 Å². The Kier molecular flexibility index (Phi) is 2.06. The number of hydrogen-bond acceptors (Lipinski definition) is 1. The zero-order valence-electron chi connectivity index (χ0n) is 11.0. The van der Waals surface area contributed by atoms with Gasteiger partial charge in [0.05, 0.1) is 0 Å². The fraction of sp³-hybridized carbons (Fsp3) is 0.278. The van der Waals surface area contributed by atoms with Crippen LogP contribution in [0.5, 0.6) is 0 Å². The van der Waals surface area contributed by atoms with E-state index in [0.717, 1.165) is 12.8 Å². The molecular formula is C18H16O. The Morgan fingerprint density at radius 2 is 1.53 bits per heavy atom. The van der Waals surface area contributed by atoms with Gasteiger partial charge in [0, 0.05) is 11.3 Å². The van der Waals surface area contributed by atoms with Crippen LogP contribution in [0.2, 0.25) is 0 Å². The second kappa shape index (κ2) is 3.57. The zero-order chi connectivity index (χ0) is 13.0. The predicted molar refractivity (Wildman–Crippen MR) is 75.3 cm³/mol. The van der Waals surface area contributed by atoms with E-state index in [1.54, 1.807) is 6.92 Å². The number of hydrogen-bond donors (Lipinski definition) is 0. The van der Waals surface area contributed by atoms with E-state index in [4.69, 9.17) is 0 Å². The highest BCUT2D eigenvalue weighted by Crippen LogP contribution is 2.62. The third-order valence-electron chi connectivity index (χ3n) is 4.83. The van der Waals surface area contributed by atoms with Crippen molar-refractivity contribution in [2.45, 2.75) is 25.2 Å². The van der Waals surface area contributed by atoms with Crippen molar-refractivity contribution in [3.8, 4) is 0 Å². The summed E-state index contributed by atoms with van der Waals surface area (Å²) in [6.45, 7) is 1.74. The van der Waals surface area contributed by atoms with Gasteiger partial charge < -0.3 is 0 Å². The summed E-state index contributed by atoms with van der Waals surface area (Å²) in [6.07, 6.45) is 1.98. The number of Topliss-reactive ketones (excluding diaryl/α,β-unsaturated/α-hetero) is 1. The molecule has 0 saturated heterocycles. The van der Waals surface area contributed by atoms with Gasteiger partial charge in [-0.2, -0.15) is 0 Å². The molecule has 2 aliphatic carbocycles. The topological polar surface area (TPSA) is 17.1 Å². The maximum Gasteiger partial charge on any atom is 0.134 e. The van der Waals surface area contributed by atoms with Crippen LogP contribution in [0.1, 0.15) is 35.6 Å². The van der Waals surface area contributed by atoms with Crippen molar-refractivity contribution >= 4 is 5.78 Å². The molecule has 1 unspecified atom stereocenters. The minimum Gasteiger partial charge on any atom is -0.300 e. The standard InChI is InChI=1S/C18H16O/c1-12(19)17-11-18(17)15-8-4-2-6-13(15)10-14-7-3-5-9-16(14)18/h2-9,17H,10-11H2,1H3. The SMILES string of the molecule is CC(=O)C1CC12c1ccccc1Cc1ccccc12. The van der Waals surface area contributed by atoms with Crippen molar-refractivity contribution < 1.29 is 4.79 Å². The Morgan fingerprint density at radius 1 is 1.00 bits per heavy atom. The second-order valence-electron chi connectivity index (χ2n) is 5.83. The number of rotatable bonds is 1. The van der Waals surface area contributed by atoms with Crippen molar-refractivity contribution in [3.05, 3.63) is 70.8 Å². The van der Waals surface area contributed by atoms with Crippen LogP contribution in [0.15, 0.2) is 48.5 Å². The van der Waals surface area contributed by atoms with Crippen molar-refractivity contribution in [1.29, 1.82) is 0 Å². The minimum atomic E-state index is -0.0166. The number of carbonyl (C=O) groups excluding carboxylic acids is 1. The summed E-state index contributed by atoms with van der Waals surface area (Å²) in [5.74, 6) is 0.501. The fourth-order valence-electron chi connectivity index (χ4n) is 3.92. The van der Waals surface area contributed by atoms with E-state index >= 15 is 0 Å². The van der Waals surface area contributed by atoms with Gasteiger partial charge in [-0.3, -0.25) is 4.79 Å². The molecule has 0 N–H and O–H groups in total. The Hall–Kier alpha value is -1.89. The van der Waals surface area contributed by atoms with Gasteiger partial charge in [0.1, 0.15) is 5.78 Å². The van der Waals surface area contributed by atoms with Gasteiger partial charge >= 0.3 is 0 Å². The van der Waals surface area contributed by atoms with E-state index in [1.807, 2.05) is 0 Å². The summed E-state index contributed by atoms with van der Waals surface area (Å²) in [6, 6.07) is 17.3. The molecule has 1 fully saturated rings. The van der Waals surface area contributed by atoms with Gasteiger partial charge in [-0.15, -0.1) is 0 Å². The van der Waals surface area contributed by atoms with Crippen LogP contribution in [0.25, 0.3) is 0 Å². The Labute approximate surface area is 113 Å². The van der Waals surface area contributed by atoms with E-state index in [9.17, 15) is 4.79 Å². The van der Waals surface area contributed by atoms with Crippen LogP contribution in [0, 0.1) is 5.92 Å². The first-order valence-electron chi connectivity index (χ1n) is 6.91. The lowest BCUT2D eigenvalue weighted by molar-refractivity contribution is -0.118. The van der Waals surface area contributed by atoms with Crippen LogP contribution in [-0.4, -0.2) is 5.78 Å². The highest BCUT2D eigenvalue weighted by molar-refractivity contribution is 5.86. The average molecular weight is 248 g/mol. The molecule has 2 aliphatic rings. The first-order valence-corrected chi connectivity index (χ1v) is 6.91. The smallest absolute Gasteiger partial charge is 0.134 e. The maximum absolute atomic E-state index is 11.9. The van der Waals surface area contributed by atoms with E-state index in [1.165, 1.54) is 22.3 Å². The van der Waals surface area contributed by atoms with Crippen molar-refractivity contribution in [3.63, 3.8) is 0 Å². The summed E-state index contributed by atoms with van der Waals surface area (Å²) < 4.78 is 0. The molecule has 4 rings (SSSR count). The van der Waals surface area contributed by atoms with Crippen molar-refractivity contribution in [1.82, 2.24) is 0 Å². The van der Waals surface area contributed by atoms with Gasteiger partial charge in [0.25, 0.3) is 0 Å². The molecule has 1 spiro atoms. The molecule has 1 nitrogen and oxygen atoms in total. The number of fused-ring (bicyclic) bond motifs is 4. The molecule has 0 heterocycles. The lowest BCUT2D eigenvalue weighted by Gasteiger charge is -2.29. The summed E-state index contributed by atoms with van der Waals surface area (Å²) >= 11 is 0. The lowest BCUT2D eigenvalue weighted by Crippen LogP contribution is -2.23. The summed E-state index contributed by atoms with van der Waals surface area (Å²) in [7, 11) is 0. The van der Waals surface area contributed by atoms with Crippen molar-refractivity contribution in [2.75, 3.05) is 0 Å². The summed E-state index contributed by atoms with van der Waals surface area (Å²) in [5.41, 5.74) is 5.54. The van der Waals surface area contributed by atoms with E-state index < -0.39 is 0 Å². The third-order valence-corrected chi connectivity index (χ3v) is 4.83. The van der Waals surface area contributed by atoms with Crippen LogP contribution in [0.3, 0.4) is 0 Å². The molecular weight excluding hydrogens is 232 g/mol. The van der Waals surface area contributed by atoms with Gasteiger partial charge in [-0.05, 0) is 42.0 Å². The first kappa shape index (κ1) is 11.0. The van der Waals surface area contributed by atoms with Gasteiger partial charge in [-0.1, -0.05) is 48.5 Å². The second-order valence-corrected chi connectivity index (χ2v) is 5.83. The molecule has 1 saturated carbocycles. The Bertz CT molecular complexity index is 638. The van der Waals surface area contributed by atoms with Gasteiger partial charge in [0.2, 0.25) is 0 Å². The van der Waals surface area contributed by atoms with Crippen molar-refractivity contribution in [2.24, 2.45) is 5.92 Å². The molecule has 0 bridgehead atoms. The molecule has 0 amide bonds. The molecule has 0 aliphatic heterocycles. The quantitative estimate of drug-likeness (QED) is 0.755. The lowest BCUT2D eigenvalue weighted by atomic mass is 9.74. The fourth-order valence-corrected chi connectivity index (χ4v) is 3.92. The van der Waals surface area contributed by atoms with Crippen LogP contribution in [0.4, 0.5) is 0 Å². The van der Waals surface area contributed by atoms with E-state index in [0.29, 0.717) is 5.78 Å². The molecule has 0 radical (unpaired) electrons. The molecule has 19 heavy (non-hydrogen) atoms. The summed E-state index contributed by atoms with van der Waals surface area (Å²) in [5, 5.41) is 0. The van der Waals surface area contributed by atoms with Crippen LogP contribution >= 0.6 is 0 Å². The van der Waals surface area contributed by atoms with Gasteiger partial charge in [0.15, 0.2) is 0 Å². The molecule has 2 aromatic rings. The van der Waals surface area contributed by atoms with E-state index in [2.05, 4.69) is 48.5 Å². The average Bonchev–Trinajstić information content (AvgIpc) is 3.16. The third kappa shape index (κ3) is 1.33. The largest absolute Gasteiger partial charge is 0.300 e. The predicted octanol–water partition coefficient (Wildman–Crippen LogP) is 3.49. The zero-order valence-corrected chi connectivity index (χ0v) is 11.0. The monoisotopic (exact) mass is 248 g/mol. The molecule has 1 atom stereocenters. The van der Waals surface area contributed by atoms with E-state index in [-0.39, 0.29) is 11.3 Å². The highest BCUT2D eigenvalue weighted by Gasteiger charge is 2.61. The van der Waals surface area contributed by atoms with Crippen LogP contribution < -0.4 is 0 Å². The molecule has 0 aromatic heterocycles. The number of ketones is 1. The first-order chi connectivity index (χ1) is 9.23. The van der Waals surface area contributed by atoms with Gasteiger partial charge in [-0.25, -0.2) is 0 Å². The maximum atomic E-state index is 11.9. The number of benzene rings is 2. The Morgan fingerprint density at radius 3 is 2.00 bits per heavy atom. The highest BCUT2D eigenvalue weighted by atomic mass is 16.1. The Balaban J connectivity index is 1.98.